The smallest absolute Gasteiger partial charge is 0.127 e. The van der Waals surface area contributed by atoms with E-state index < -0.39 is 0 Å². The highest BCUT2D eigenvalue weighted by Crippen LogP contribution is 2.27. The van der Waals surface area contributed by atoms with Gasteiger partial charge in [0.25, 0.3) is 0 Å². The van der Waals surface area contributed by atoms with E-state index in [1.54, 1.807) is 14.2 Å². The number of hydrogen-bond acceptors (Lipinski definition) is 4. The lowest BCUT2D eigenvalue weighted by molar-refractivity contribution is 0.218. The van der Waals surface area contributed by atoms with Crippen molar-refractivity contribution in [3.05, 3.63) is 18.2 Å². The van der Waals surface area contributed by atoms with Crippen LogP contribution in [-0.4, -0.2) is 33.9 Å². The number of rotatable bonds is 6. The van der Waals surface area contributed by atoms with Crippen LogP contribution in [-0.2, 0) is 0 Å². The summed E-state index contributed by atoms with van der Waals surface area (Å²) in [6.45, 7) is 2.79. The van der Waals surface area contributed by atoms with Crippen molar-refractivity contribution < 1.29 is 14.2 Å². The molecule has 0 saturated heterocycles. The van der Waals surface area contributed by atoms with Crippen LogP contribution in [0.2, 0.25) is 0 Å². The minimum Gasteiger partial charge on any atom is -0.496 e. The van der Waals surface area contributed by atoms with Crippen LogP contribution in [0.15, 0.2) is 18.2 Å². The van der Waals surface area contributed by atoms with Crippen LogP contribution in [0.4, 0.5) is 0 Å². The number of methoxy groups -OCH3 is 2. The molecule has 16 heavy (non-hydrogen) atoms. The summed E-state index contributed by atoms with van der Waals surface area (Å²) in [4.78, 5) is 0. The minimum atomic E-state index is 0.0989. The minimum absolute atomic E-state index is 0.0989. The van der Waals surface area contributed by atoms with Crippen LogP contribution >= 0.6 is 0 Å². The van der Waals surface area contributed by atoms with E-state index in [1.807, 2.05) is 32.2 Å². The molecule has 90 valence electrons. The van der Waals surface area contributed by atoms with Crippen molar-refractivity contribution in [2.45, 2.75) is 13.0 Å². The molecule has 0 saturated carbocycles. The van der Waals surface area contributed by atoms with Gasteiger partial charge < -0.3 is 19.5 Å². The second kappa shape index (κ2) is 6.23. The summed E-state index contributed by atoms with van der Waals surface area (Å²) in [7, 11) is 5.14. The first-order chi connectivity index (χ1) is 7.69. The maximum Gasteiger partial charge on any atom is 0.127 e. The maximum absolute atomic E-state index is 5.72. The van der Waals surface area contributed by atoms with E-state index in [4.69, 9.17) is 14.2 Å². The second-order valence-electron chi connectivity index (χ2n) is 3.53. The van der Waals surface area contributed by atoms with Crippen molar-refractivity contribution >= 4 is 0 Å². The Labute approximate surface area is 96.5 Å². The average Bonchev–Trinajstić information content (AvgIpc) is 2.28. The van der Waals surface area contributed by atoms with E-state index >= 15 is 0 Å². The normalized spacial score (nSPS) is 12.0. The summed E-state index contributed by atoms with van der Waals surface area (Å²) in [6.07, 6.45) is 0.0989. The van der Waals surface area contributed by atoms with Crippen molar-refractivity contribution in [1.29, 1.82) is 0 Å². The van der Waals surface area contributed by atoms with Gasteiger partial charge in [-0.3, -0.25) is 0 Å². The summed E-state index contributed by atoms with van der Waals surface area (Å²) in [5.74, 6) is 2.20. The third-order valence-corrected chi connectivity index (χ3v) is 2.15. The second-order valence-corrected chi connectivity index (χ2v) is 3.53. The Morgan fingerprint density at radius 2 is 1.56 bits per heavy atom. The third-order valence-electron chi connectivity index (χ3n) is 2.15. The van der Waals surface area contributed by atoms with Crippen molar-refractivity contribution in [1.82, 2.24) is 5.32 Å². The summed E-state index contributed by atoms with van der Waals surface area (Å²) >= 11 is 0. The molecule has 1 unspecified atom stereocenters. The van der Waals surface area contributed by atoms with E-state index in [2.05, 4.69) is 5.32 Å². The van der Waals surface area contributed by atoms with E-state index in [-0.39, 0.29) is 6.10 Å². The van der Waals surface area contributed by atoms with Crippen LogP contribution in [0.1, 0.15) is 6.92 Å². The number of ether oxygens (including phenoxy) is 3. The van der Waals surface area contributed by atoms with Gasteiger partial charge >= 0.3 is 0 Å². The SMILES string of the molecule is CNCC(C)Oc1cc(OC)cc(OC)c1. The Kier molecular flexibility index (Phi) is 4.92. The molecule has 1 aromatic carbocycles. The number of likely N-dealkylation sites (N-methyl/N-ethyl adjacent to an activating group) is 1. The van der Waals surface area contributed by atoms with Gasteiger partial charge in [0.05, 0.1) is 14.2 Å². The molecule has 0 aliphatic carbocycles. The molecule has 1 N–H and O–H groups in total. The monoisotopic (exact) mass is 225 g/mol. The van der Waals surface area contributed by atoms with E-state index in [9.17, 15) is 0 Å². The predicted molar refractivity (Wildman–Crippen MR) is 63.6 cm³/mol. The molecule has 0 aromatic heterocycles. The number of hydrogen-bond donors (Lipinski definition) is 1. The Balaban J connectivity index is 2.78. The van der Waals surface area contributed by atoms with Gasteiger partial charge in [-0.2, -0.15) is 0 Å². The fraction of sp³-hybridized carbons (Fsp3) is 0.500. The Bertz CT molecular complexity index is 306. The molecular weight excluding hydrogens is 206 g/mol. The topological polar surface area (TPSA) is 39.7 Å². The highest BCUT2D eigenvalue weighted by Gasteiger charge is 2.06. The molecule has 4 heteroatoms. The van der Waals surface area contributed by atoms with E-state index in [0.717, 1.165) is 23.8 Å². The van der Waals surface area contributed by atoms with Gasteiger partial charge in [0.15, 0.2) is 0 Å². The van der Waals surface area contributed by atoms with Gasteiger partial charge in [-0.25, -0.2) is 0 Å². The molecule has 0 bridgehead atoms. The van der Waals surface area contributed by atoms with Crippen LogP contribution in [0.3, 0.4) is 0 Å². The molecule has 0 radical (unpaired) electrons. The van der Waals surface area contributed by atoms with E-state index in [0.29, 0.717) is 0 Å². The quantitative estimate of drug-likeness (QED) is 0.799. The van der Waals surface area contributed by atoms with Crippen molar-refractivity contribution in [3.63, 3.8) is 0 Å². The lowest BCUT2D eigenvalue weighted by Crippen LogP contribution is -2.26. The first kappa shape index (κ1) is 12.6. The average molecular weight is 225 g/mol. The summed E-state index contributed by atoms with van der Waals surface area (Å²) in [6, 6.07) is 5.50. The molecule has 0 aliphatic heterocycles. The largest absolute Gasteiger partial charge is 0.496 e. The first-order valence-corrected chi connectivity index (χ1v) is 5.24. The lowest BCUT2D eigenvalue weighted by atomic mass is 10.3. The zero-order chi connectivity index (χ0) is 12.0. The molecule has 0 fully saturated rings. The summed E-state index contributed by atoms with van der Waals surface area (Å²) < 4.78 is 16.0. The molecule has 4 nitrogen and oxygen atoms in total. The van der Waals surface area contributed by atoms with Gasteiger partial charge in [-0.05, 0) is 14.0 Å². The zero-order valence-corrected chi connectivity index (χ0v) is 10.2. The summed E-state index contributed by atoms with van der Waals surface area (Å²) in [5.41, 5.74) is 0. The van der Waals surface area contributed by atoms with E-state index in [1.165, 1.54) is 0 Å². The zero-order valence-electron chi connectivity index (χ0n) is 10.2. The predicted octanol–water partition coefficient (Wildman–Crippen LogP) is 1.69. The van der Waals surface area contributed by atoms with Crippen molar-refractivity contribution in [2.24, 2.45) is 0 Å². The molecule has 0 heterocycles. The lowest BCUT2D eigenvalue weighted by Gasteiger charge is -2.15. The summed E-state index contributed by atoms with van der Waals surface area (Å²) in [5, 5.41) is 3.06. The molecule has 0 aliphatic rings. The fourth-order valence-corrected chi connectivity index (χ4v) is 1.41. The molecule has 0 amide bonds. The first-order valence-electron chi connectivity index (χ1n) is 5.24. The van der Waals surface area contributed by atoms with Crippen LogP contribution in [0.25, 0.3) is 0 Å². The maximum atomic E-state index is 5.72. The van der Waals surface area contributed by atoms with Gasteiger partial charge in [-0.15, -0.1) is 0 Å². The molecule has 1 rings (SSSR count). The van der Waals surface area contributed by atoms with Crippen LogP contribution in [0, 0.1) is 0 Å². The third kappa shape index (κ3) is 3.62. The number of nitrogens with one attached hydrogen (secondary N) is 1. The Hall–Kier alpha value is -1.42. The van der Waals surface area contributed by atoms with Gasteiger partial charge in [0.1, 0.15) is 23.4 Å². The number of benzene rings is 1. The molecule has 1 aromatic rings. The van der Waals surface area contributed by atoms with Gasteiger partial charge in [-0.1, -0.05) is 0 Å². The molecule has 0 spiro atoms. The van der Waals surface area contributed by atoms with Crippen LogP contribution in [0.5, 0.6) is 17.2 Å². The fourth-order valence-electron chi connectivity index (χ4n) is 1.41. The van der Waals surface area contributed by atoms with Crippen LogP contribution < -0.4 is 19.5 Å². The highest BCUT2D eigenvalue weighted by molar-refractivity contribution is 5.42. The van der Waals surface area contributed by atoms with Gasteiger partial charge in [0, 0.05) is 24.7 Å². The van der Waals surface area contributed by atoms with Gasteiger partial charge in [0.2, 0.25) is 0 Å². The van der Waals surface area contributed by atoms with Crippen molar-refractivity contribution in [2.75, 3.05) is 27.8 Å². The van der Waals surface area contributed by atoms with Crippen molar-refractivity contribution in [3.8, 4) is 17.2 Å². The highest BCUT2D eigenvalue weighted by atomic mass is 16.5. The Morgan fingerprint density at radius 3 is 2.00 bits per heavy atom. The Morgan fingerprint density at radius 1 is 1.06 bits per heavy atom. The molecular formula is C12H19NO3. The standard InChI is InChI=1S/C12H19NO3/c1-9(8-13-2)16-12-6-10(14-3)5-11(7-12)15-4/h5-7,9,13H,8H2,1-4H3. The molecule has 1 atom stereocenters.